The fraction of sp³-hybridized carbons (Fsp3) is 0.500. The molecule has 0 heterocycles. The second kappa shape index (κ2) is 4.88. The fourth-order valence-corrected chi connectivity index (χ4v) is 1.57. The summed E-state index contributed by atoms with van der Waals surface area (Å²) in [6.07, 6.45) is 0.121. The van der Waals surface area contributed by atoms with Crippen LogP contribution < -0.4 is 4.90 Å². The molecule has 1 N–H and O–H groups in total. The second-order valence-corrected chi connectivity index (χ2v) is 5.21. The molecule has 0 aliphatic rings. The Labute approximate surface area is 103 Å². The van der Waals surface area contributed by atoms with Crippen LogP contribution >= 0.6 is 0 Å². The molecule has 0 saturated heterocycles. The first-order valence-electron chi connectivity index (χ1n) is 5.77. The minimum absolute atomic E-state index is 0.0826. The van der Waals surface area contributed by atoms with Crippen LogP contribution in [0.4, 0.5) is 5.69 Å². The molecular formula is C14H21NO2. The van der Waals surface area contributed by atoms with E-state index >= 15 is 0 Å². The van der Waals surface area contributed by atoms with Crippen molar-refractivity contribution in [2.24, 2.45) is 0 Å². The van der Waals surface area contributed by atoms with E-state index in [9.17, 15) is 9.90 Å². The Morgan fingerprint density at radius 1 is 1.29 bits per heavy atom. The van der Waals surface area contributed by atoms with E-state index in [1.54, 1.807) is 25.8 Å². The molecule has 1 aromatic rings. The first-order chi connectivity index (χ1) is 7.70. The zero-order chi connectivity index (χ0) is 13.2. The molecule has 0 fully saturated rings. The third kappa shape index (κ3) is 3.86. The number of aliphatic hydroxyl groups is 1. The van der Waals surface area contributed by atoms with E-state index < -0.39 is 5.60 Å². The minimum atomic E-state index is -0.967. The highest BCUT2D eigenvalue weighted by Gasteiger charge is 2.21. The number of amides is 1. The molecule has 0 bridgehead atoms. The van der Waals surface area contributed by atoms with E-state index in [-0.39, 0.29) is 12.3 Å². The average Bonchev–Trinajstić information content (AvgIpc) is 2.18. The Balaban J connectivity index is 2.85. The van der Waals surface area contributed by atoms with Gasteiger partial charge in [-0.1, -0.05) is 6.07 Å². The first kappa shape index (κ1) is 13.7. The van der Waals surface area contributed by atoms with Gasteiger partial charge in [0, 0.05) is 12.7 Å². The van der Waals surface area contributed by atoms with Gasteiger partial charge in [0.2, 0.25) is 5.91 Å². The van der Waals surface area contributed by atoms with Crippen molar-refractivity contribution in [1.82, 2.24) is 0 Å². The summed E-state index contributed by atoms with van der Waals surface area (Å²) in [7, 11) is 1.73. The predicted octanol–water partition coefficient (Wildman–Crippen LogP) is 2.43. The number of benzene rings is 1. The summed E-state index contributed by atoms with van der Waals surface area (Å²) >= 11 is 0. The Morgan fingerprint density at radius 2 is 1.88 bits per heavy atom. The molecule has 0 aromatic heterocycles. The van der Waals surface area contributed by atoms with Crippen molar-refractivity contribution in [1.29, 1.82) is 0 Å². The third-order valence-electron chi connectivity index (χ3n) is 2.84. The van der Waals surface area contributed by atoms with Crippen molar-refractivity contribution in [3.8, 4) is 0 Å². The smallest absolute Gasteiger partial charge is 0.229 e. The van der Waals surface area contributed by atoms with E-state index in [2.05, 4.69) is 0 Å². The van der Waals surface area contributed by atoms with Gasteiger partial charge < -0.3 is 10.0 Å². The summed E-state index contributed by atoms with van der Waals surface area (Å²) in [6, 6.07) is 5.90. The Bertz CT molecular complexity index is 419. The van der Waals surface area contributed by atoms with Crippen molar-refractivity contribution in [3.63, 3.8) is 0 Å². The lowest BCUT2D eigenvalue weighted by Crippen LogP contribution is -2.33. The first-order valence-corrected chi connectivity index (χ1v) is 5.77. The predicted molar refractivity (Wildman–Crippen MR) is 70.2 cm³/mol. The molecule has 0 radical (unpaired) electrons. The van der Waals surface area contributed by atoms with Gasteiger partial charge in [-0.25, -0.2) is 0 Å². The van der Waals surface area contributed by atoms with Crippen LogP contribution in [0, 0.1) is 13.8 Å². The summed E-state index contributed by atoms with van der Waals surface area (Å²) in [5.41, 5.74) is 2.26. The quantitative estimate of drug-likeness (QED) is 0.874. The van der Waals surface area contributed by atoms with Crippen LogP contribution in [0.3, 0.4) is 0 Å². The number of rotatable bonds is 3. The SMILES string of the molecule is Cc1ccc(N(C)C(=O)CC(C)(C)O)cc1C. The van der Waals surface area contributed by atoms with Crippen LogP contribution in [0.2, 0.25) is 0 Å². The molecule has 0 aliphatic carbocycles. The maximum absolute atomic E-state index is 11.9. The molecule has 0 spiro atoms. The third-order valence-corrected chi connectivity index (χ3v) is 2.84. The van der Waals surface area contributed by atoms with Crippen LogP contribution in [0.1, 0.15) is 31.4 Å². The average molecular weight is 235 g/mol. The van der Waals surface area contributed by atoms with Crippen LogP contribution in [0.25, 0.3) is 0 Å². The van der Waals surface area contributed by atoms with Crippen molar-refractivity contribution >= 4 is 11.6 Å². The van der Waals surface area contributed by atoms with Crippen LogP contribution in [0.5, 0.6) is 0 Å². The second-order valence-electron chi connectivity index (χ2n) is 5.21. The van der Waals surface area contributed by atoms with E-state index in [0.717, 1.165) is 11.3 Å². The maximum Gasteiger partial charge on any atom is 0.229 e. The highest BCUT2D eigenvalue weighted by Crippen LogP contribution is 2.20. The number of anilines is 1. The summed E-state index contributed by atoms with van der Waals surface area (Å²) in [4.78, 5) is 13.5. The summed E-state index contributed by atoms with van der Waals surface area (Å²) in [5.74, 6) is -0.0826. The number of aryl methyl sites for hydroxylation is 2. The Hall–Kier alpha value is -1.35. The van der Waals surface area contributed by atoms with Gasteiger partial charge in [0.15, 0.2) is 0 Å². The topological polar surface area (TPSA) is 40.5 Å². The number of carbonyl (C=O) groups excluding carboxylic acids is 1. The van der Waals surface area contributed by atoms with Gasteiger partial charge in [-0.2, -0.15) is 0 Å². The van der Waals surface area contributed by atoms with Gasteiger partial charge >= 0.3 is 0 Å². The van der Waals surface area contributed by atoms with Crippen LogP contribution in [-0.4, -0.2) is 23.7 Å². The van der Waals surface area contributed by atoms with E-state index in [1.807, 2.05) is 32.0 Å². The minimum Gasteiger partial charge on any atom is -0.390 e. The van der Waals surface area contributed by atoms with Gasteiger partial charge in [0.05, 0.1) is 12.0 Å². The zero-order valence-corrected chi connectivity index (χ0v) is 11.2. The van der Waals surface area contributed by atoms with E-state index in [1.165, 1.54) is 5.56 Å². The molecule has 3 nitrogen and oxygen atoms in total. The summed E-state index contributed by atoms with van der Waals surface area (Å²) < 4.78 is 0. The normalized spacial score (nSPS) is 11.4. The number of carbonyl (C=O) groups is 1. The standard InChI is InChI=1S/C14H21NO2/c1-10-6-7-12(8-11(10)2)15(5)13(16)9-14(3,4)17/h6-8,17H,9H2,1-5H3. The molecule has 1 rings (SSSR count). The van der Waals surface area contributed by atoms with Gasteiger partial charge in [0.1, 0.15) is 0 Å². The summed E-state index contributed by atoms with van der Waals surface area (Å²) in [6.45, 7) is 7.34. The summed E-state index contributed by atoms with van der Waals surface area (Å²) in [5, 5.41) is 9.64. The van der Waals surface area contributed by atoms with Gasteiger partial charge in [-0.3, -0.25) is 4.79 Å². The van der Waals surface area contributed by atoms with E-state index in [0.29, 0.717) is 0 Å². The lowest BCUT2D eigenvalue weighted by molar-refractivity contribution is -0.122. The highest BCUT2D eigenvalue weighted by molar-refractivity contribution is 5.93. The molecule has 1 amide bonds. The molecule has 0 saturated carbocycles. The maximum atomic E-state index is 11.9. The monoisotopic (exact) mass is 235 g/mol. The largest absolute Gasteiger partial charge is 0.390 e. The number of nitrogens with zero attached hydrogens (tertiary/aromatic N) is 1. The highest BCUT2D eigenvalue weighted by atomic mass is 16.3. The van der Waals surface area contributed by atoms with Crippen molar-refractivity contribution in [2.75, 3.05) is 11.9 Å². The van der Waals surface area contributed by atoms with Gasteiger partial charge in [-0.05, 0) is 51.0 Å². The van der Waals surface area contributed by atoms with Crippen molar-refractivity contribution < 1.29 is 9.90 Å². The Morgan fingerprint density at radius 3 is 2.35 bits per heavy atom. The van der Waals surface area contributed by atoms with Crippen LogP contribution in [0.15, 0.2) is 18.2 Å². The fourth-order valence-electron chi connectivity index (χ4n) is 1.57. The van der Waals surface area contributed by atoms with E-state index in [4.69, 9.17) is 0 Å². The molecule has 3 heteroatoms. The van der Waals surface area contributed by atoms with Crippen LogP contribution in [-0.2, 0) is 4.79 Å². The lowest BCUT2D eigenvalue weighted by atomic mass is 10.0. The molecule has 1 aromatic carbocycles. The number of hydrogen-bond acceptors (Lipinski definition) is 2. The molecular weight excluding hydrogens is 214 g/mol. The molecule has 17 heavy (non-hydrogen) atoms. The molecule has 0 atom stereocenters. The molecule has 0 aliphatic heterocycles. The number of hydrogen-bond donors (Lipinski definition) is 1. The Kier molecular flexibility index (Phi) is 3.94. The molecule has 94 valence electrons. The van der Waals surface area contributed by atoms with Crippen molar-refractivity contribution in [3.05, 3.63) is 29.3 Å². The molecule has 0 unspecified atom stereocenters. The zero-order valence-electron chi connectivity index (χ0n) is 11.2. The van der Waals surface area contributed by atoms with Crippen molar-refractivity contribution in [2.45, 2.75) is 39.7 Å². The van der Waals surface area contributed by atoms with Gasteiger partial charge in [-0.15, -0.1) is 0 Å². The lowest BCUT2D eigenvalue weighted by Gasteiger charge is -2.23. The van der Waals surface area contributed by atoms with Gasteiger partial charge in [0.25, 0.3) is 0 Å².